The average Bonchev–Trinajstić information content (AvgIpc) is 3.01. The summed E-state index contributed by atoms with van der Waals surface area (Å²) in [6.07, 6.45) is 10.8. The average molecular weight is 272 g/mol. The van der Waals surface area contributed by atoms with E-state index in [1.165, 1.54) is 0 Å². The van der Waals surface area contributed by atoms with Crippen LogP contribution in [0.5, 0.6) is 0 Å². The van der Waals surface area contributed by atoms with Gasteiger partial charge in [-0.15, -0.1) is 0 Å². The molecule has 2 heterocycles. The van der Waals surface area contributed by atoms with Crippen LogP contribution in [0.1, 0.15) is 19.3 Å². The molecule has 5 heteroatoms. The molecule has 0 spiro atoms. The van der Waals surface area contributed by atoms with Gasteiger partial charge < -0.3 is 9.80 Å². The number of carbonyl (C=O) groups excluding carboxylic acids is 1. The molecule has 1 amide bonds. The van der Waals surface area contributed by atoms with Crippen LogP contribution in [0.25, 0.3) is 0 Å². The number of rotatable bonds is 3. The normalized spacial score (nSPS) is 22.3. The molecule has 1 aliphatic carbocycles. The van der Waals surface area contributed by atoms with E-state index in [2.05, 4.69) is 27.0 Å². The minimum atomic E-state index is 0.287. The SMILES string of the molecule is O=C(CC1C=CCC1)N1CCN(c2ncccn2)CC1. The van der Waals surface area contributed by atoms with Gasteiger partial charge in [0, 0.05) is 45.0 Å². The van der Waals surface area contributed by atoms with E-state index in [1.807, 2.05) is 11.0 Å². The first-order valence-corrected chi connectivity index (χ1v) is 7.29. The van der Waals surface area contributed by atoms with Crippen LogP contribution >= 0.6 is 0 Å². The molecule has 1 fully saturated rings. The zero-order chi connectivity index (χ0) is 13.8. The molecule has 0 aromatic carbocycles. The Balaban J connectivity index is 1.50. The summed E-state index contributed by atoms with van der Waals surface area (Å²) >= 11 is 0. The fraction of sp³-hybridized carbons (Fsp3) is 0.533. The lowest BCUT2D eigenvalue weighted by Crippen LogP contribution is -2.49. The molecular weight excluding hydrogens is 252 g/mol. The lowest BCUT2D eigenvalue weighted by Gasteiger charge is -2.35. The molecule has 5 nitrogen and oxygen atoms in total. The number of anilines is 1. The van der Waals surface area contributed by atoms with Crippen molar-refractivity contribution in [2.24, 2.45) is 5.92 Å². The second-order valence-corrected chi connectivity index (χ2v) is 5.39. The topological polar surface area (TPSA) is 49.3 Å². The minimum Gasteiger partial charge on any atom is -0.339 e. The van der Waals surface area contributed by atoms with E-state index >= 15 is 0 Å². The summed E-state index contributed by atoms with van der Waals surface area (Å²) in [5.74, 6) is 1.51. The summed E-state index contributed by atoms with van der Waals surface area (Å²) in [6.45, 7) is 3.17. The van der Waals surface area contributed by atoms with E-state index in [-0.39, 0.29) is 5.91 Å². The van der Waals surface area contributed by atoms with E-state index in [0.717, 1.165) is 45.0 Å². The maximum atomic E-state index is 12.2. The molecular formula is C15H20N4O. The first kappa shape index (κ1) is 13.1. The van der Waals surface area contributed by atoms with Crippen LogP contribution < -0.4 is 4.90 Å². The summed E-state index contributed by atoms with van der Waals surface area (Å²) in [6, 6.07) is 1.82. The van der Waals surface area contributed by atoms with Crippen LogP contribution in [0, 0.1) is 5.92 Å². The predicted molar refractivity (Wildman–Crippen MR) is 77.3 cm³/mol. The van der Waals surface area contributed by atoms with Gasteiger partial charge in [0.2, 0.25) is 11.9 Å². The molecule has 20 heavy (non-hydrogen) atoms. The third-order valence-corrected chi connectivity index (χ3v) is 4.02. The third kappa shape index (κ3) is 2.98. The van der Waals surface area contributed by atoms with Crippen molar-refractivity contribution >= 4 is 11.9 Å². The van der Waals surface area contributed by atoms with E-state index < -0.39 is 0 Å². The second-order valence-electron chi connectivity index (χ2n) is 5.39. The molecule has 1 saturated heterocycles. The van der Waals surface area contributed by atoms with Gasteiger partial charge in [0.05, 0.1) is 0 Å². The zero-order valence-corrected chi connectivity index (χ0v) is 11.6. The van der Waals surface area contributed by atoms with Crippen LogP contribution in [0.2, 0.25) is 0 Å². The second kappa shape index (κ2) is 6.03. The van der Waals surface area contributed by atoms with E-state index in [9.17, 15) is 4.79 Å². The quantitative estimate of drug-likeness (QED) is 0.782. The van der Waals surface area contributed by atoms with Crippen molar-refractivity contribution in [3.63, 3.8) is 0 Å². The Bertz CT molecular complexity index is 480. The molecule has 0 radical (unpaired) electrons. The Kier molecular flexibility index (Phi) is 3.95. The molecule has 1 aromatic rings. The van der Waals surface area contributed by atoms with Gasteiger partial charge in [0.15, 0.2) is 0 Å². The van der Waals surface area contributed by atoms with Gasteiger partial charge in [-0.2, -0.15) is 0 Å². The van der Waals surface area contributed by atoms with Crippen molar-refractivity contribution in [2.45, 2.75) is 19.3 Å². The molecule has 1 atom stereocenters. The lowest BCUT2D eigenvalue weighted by atomic mass is 10.0. The predicted octanol–water partition coefficient (Wildman–Crippen LogP) is 1.48. The fourth-order valence-corrected chi connectivity index (χ4v) is 2.83. The highest BCUT2D eigenvalue weighted by molar-refractivity contribution is 5.77. The number of amides is 1. The molecule has 0 bridgehead atoms. The lowest BCUT2D eigenvalue weighted by molar-refractivity contribution is -0.132. The molecule has 1 aromatic heterocycles. The minimum absolute atomic E-state index is 0.287. The summed E-state index contributed by atoms with van der Waals surface area (Å²) in [5, 5.41) is 0. The standard InChI is InChI=1S/C15H20N4O/c20-14(12-13-4-1-2-5-13)18-8-10-19(11-9-18)15-16-6-3-7-17-15/h1,3-4,6-7,13H,2,5,8-12H2. The van der Waals surface area contributed by atoms with Crippen molar-refractivity contribution in [1.82, 2.24) is 14.9 Å². The van der Waals surface area contributed by atoms with Crippen LogP contribution in [0.15, 0.2) is 30.6 Å². The highest BCUT2D eigenvalue weighted by Gasteiger charge is 2.24. The summed E-state index contributed by atoms with van der Waals surface area (Å²) in [4.78, 5) is 24.9. The van der Waals surface area contributed by atoms with Crippen LogP contribution in [-0.2, 0) is 4.79 Å². The number of hydrogen-bond donors (Lipinski definition) is 0. The summed E-state index contributed by atoms with van der Waals surface area (Å²) < 4.78 is 0. The third-order valence-electron chi connectivity index (χ3n) is 4.02. The largest absolute Gasteiger partial charge is 0.339 e. The monoisotopic (exact) mass is 272 g/mol. The molecule has 106 valence electrons. The molecule has 1 unspecified atom stereocenters. The van der Waals surface area contributed by atoms with Crippen molar-refractivity contribution in [3.05, 3.63) is 30.6 Å². The first-order valence-electron chi connectivity index (χ1n) is 7.29. The summed E-state index contributed by atoms with van der Waals surface area (Å²) in [5.41, 5.74) is 0. The summed E-state index contributed by atoms with van der Waals surface area (Å²) in [7, 11) is 0. The number of hydrogen-bond acceptors (Lipinski definition) is 4. The van der Waals surface area contributed by atoms with Crippen molar-refractivity contribution in [3.8, 4) is 0 Å². The van der Waals surface area contributed by atoms with E-state index in [4.69, 9.17) is 0 Å². The van der Waals surface area contributed by atoms with Crippen LogP contribution in [0.4, 0.5) is 5.95 Å². The van der Waals surface area contributed by atoms with Gasteiger partial charge in [-0.05, 0) is 24.8 Å². The van der Waals surface area contributed by atoms with Crippen molar-refractivity contribution in [1.29, 1.82) is 0 Å². The zero-order valence-electron chi connectivity index (χ0n) is 11.6. The Hall–Kier alpha value is -1.91. The van der Waals surface area contributed by atoms with E-state index in [0.29, 0.717) is 12.3 Å². The number of allylic oxidation sites excluding steroid dienone is 2. The molecule has 0 N–H and O–H groups in total. The number of nitrogens with zero attached hydrogens (tertiary/aromatic N) is 4. The number of aromatic nitrogens is 2. The Morgan fingerprint density at radius 3 is 2.60 bits per heavy atom. The van der Waals surface area contributed by atoms with Gasteiger partial charge >= 0.3 is 0 Å². The molecule has 0 saturated carbocycles. The first-order chi connectivity index (χ1) is 9.83. The smallest absolute Gasteiger partial charge is 0.225 e. The molecule has 2 aliphatic rings. The fourth-order valence-electron chi connectivity index (χ4n) is 2.83. The van der Waals surface area contributed by atoms with E-state index in [1.54, 1.807) is 12.4 Å². The van der Waals surface area contributed by atoms with Crippen molar-refractivity contribution < 1.29 is 4.79 Å². The number of piperazine rings is 1. The van der Waals surface area contributed by atoms with Gasteiger partial charge in [0.25, 0.3) is 0 Å². The molecule has 1 aliphatic heterocycles. The van der Waals surface area contributed by atoms with Gasteiger partial charge in [-0.25, -0.2) is 9.97 Å². The maximum Gasteiger partial charge on any atom is 0.225 e. The highest BCUT2D eigenvalue weighted by atomic mass is 16.2. The van der Waals surface area contributed by atoms with Crippen LogP contribution in [-0.4, -0.2) is 47.0 Å². The Labute approximate surface area is 119 Å². The van der Waals surface area contributed by atoms with Crippen LogP contribution in [0.3, 0.4) is 0 Å². The van der Waals surface area contributed by atoms with Gasteiger partial charge in [0.1, 0.15) is 0 Å². The number of carbonyl (C=O) groups is 1. The molecule has 3 rings (SSSR count). The Morgan fingerprint density at radius 1 is 1.20 bits per heavy atom. The Morgan fingerprint density at radius 2 is 1.95 bits per heavy atom. The highest BCUT2D eigenvalue weighted by Crippen LogP contribution is 2.21. The van der Waals surface area contributed by atoms with Crippen molar-refractivity contribution in [2.75, 3.05) is 31.1 Å². The maximum absolute atomic E-state index is 12.2. The van der Waals surface area contributed by atoms with Gasteiger partial charge in [-0.1, -0.05) is 12.2 Å². The van der Waals surface area contributed by atoms with Gasteiger partial charge in [-0.3, -0.25) is 4.79 Å².